The molecule has 0 N–H and O–H groups in total. The summed E-state index contributed by atoms with van der Waals surface area (Å²) in [5.74, 6) is -0.0610. The molecule has 0 aliphatic carbocycles. The average molecular weight is 330 g/mol. The Morgan fingerprint density at radius 2 is 1.96 bits per heavy atom. The van der Waals surface area contributed by atoms with Gasteiger partial charge in [-0.25, -0.2) is 0 Å². The standard InChI is InChI=1S/C18H22N2O4/c21-16(14-5-2-1-3-6-14)11-15-13-24-10-9-20(15)18(23)12-19-8-4-7-17(19)22/h1-3,5-6,15H,4,7-13H2. The number of ketones is 1. The molecule has 2 aliphatic rings. The molecule has 2 amide bonds. The lowest BCUT2D eigenvalue weighted by atomic mass is 10.0. The first-order valence-corrected chi connectivity index (χ1v) is 8.38. The number of ether oxygens (including phenoxy) is 1. The number of carbonyl (C=O) groups excluding carboxylic acids is 3. The van der Waals surface area contributed by atoms with Gasteiger partial charge < -0.3 is 14.5 Å². The summed E-state index contributed by atoms with van der Waals surface area (Å²) in [4.78, 5) is 40.0. The van der Waals surface area contributed by atoms with Crippen LogP contribution in [-0.2, 0) is 14.3 Å². The summed E-state index contributed by atoms with van der Waals surface area (Å²) in [6.07, 6.45) is 1.57. The van der Waals surface area contributed by atoms with Gasteiger partial charge in [0, 0.05) is 31.5 Å². The minimum atomic E-state index is -0.267. The van der Waals surface area contributed by atoms with Crippen LogP contribution in [0.3, 0.4) is 0 Å². The van der Waals surface area contributed by atoms with E-state index in [1.54, 1.807) is 21.9 Å². The minimum Gasteiger partial charge on any atom is -0.377 e. The third kappa shape index (κ3) is 3.82. The van der Waals surface area contributed by atoms with Crippen molar-refractivity contribution in [1.82, 2.24) is 9.80 Å². The van der Waals surface area contributed by atoms with E-state index < -0.39 is 0 Å². The van der Waals surface area contributed by atoms with Gasteiger partial charge in [-0.15, -0.1) is 0 Å². The van der Waals surface area contributed by atoms with Crippen LogP contribution in [0.25, 0.3) is 0 Å². The molecule has 0 spiro atoms. The van der Waals surface area contributed by atoms with Crippen molar-refractivity contribution in [3.8, 4) is 0 Å². The average Bonchev–Trinajstić information content (AvgIpc) is 3.01. The van der Waals surface area contributed by atoms with E-state index in [2.05, 4.69) is 0 Å². The van der Waals surface area contributed by atoms with E-state index in [4.69, 9.17) is 4.74 Å². The Kier molecular flexibility index (Phi) is 5.25. The zero-order valence-electron chi connectivity index (χ0n) is 13.6. The largest absolute Gasteiger partial charge is 0.377 e. The van der Waals surface area contributed by atoms with Crippen LogP contribution < -0.4 is 0 Å². The van der Waals surface area contributed by atoms with Gasteiger partial charge in [0.25, 0.3) is 0 Å². The molecule has 2 heterocycles. The molecule has 0 aromatic heterocycles. The number of hydrogen-bond acceptors (Lipinski definition) is 4. The maximum absolute atomic E-state index is 12.6. The zero-order valence-corrected chi connectivity index (χ0v) is 13.6. The number of nitrogens with zero attached hydrogens (tertiary/aromatic N) is 2. The van der Waals surface area contributed by atoms with Crippen LogP contribution in [0.1, 0.15) is 29.6 Å². The second-order valence-electron chi connectivity index (χ2n) is 6.23. The number of rotatable bonds is 5. The van der Waals surface area contributed by atoms with Crippen LogP contribution in [0.4, 0.5) is 0 Å². The number of carbonyl (C=O) groups is 3. The van der Waals surface area contributed by atoms with E-state index in [1.807, 2.05) is 18.2 Å². The van der Waals surface area contributed by atoms with Crippen LogP contribution in [-0.4, -0.2) is 66.3 Å². The first kappa shape index (κ1) is 16.6. The van der Waals surface area contributed by atoms with E-state index >= 15 is 0 Å². The Balaban J connectivity index is 1.63. The summed E-state index contributed by atoms with van der Waals surface area (Å²) < 4.78 is 5.46. The van der Waals surface area contributed by atoms with Crippen molar-refractivity contribution in [2.45, 2.75) is 25.3 Å². The number of likely N-dealkylation sites (tertiary alicyclic amines) is 1. The molecule has 2 aliphatic heterocycles. The van der Waals surface area contributed by atoms with Gasteiger partial charge in [0.1, 0.15) is 0 Å². The summed E-state index contributed by atoms with van der Waals surface area (Å²) in [7, 11) is 0. The third-order valence-electron chi connectivity index (χ3n) is 4.56. The fourth-order valence-electron chi connectivity index (χ4n) is 3.23. The van der Waals surface area contributed by atoms with Gasteiger partial charge in [0.2, 0.25) is 11.8 Å². The number of Topliss-reactive ketones (excluding diaryl/α,β-unsaturated/α-hetero) is 1. The van der Waals surface area contributed by atoms with Gasteiger partial charge >= 0.3 is 0 Å². The van der Waals surface area contributed by atoms with Gasteiger partial charge in [0.15, 0.2) is 5.78 Å². The van der Waals surface area contributed by atoms with Crippen molar-refractivity contribution >= 4 is 17.6 Å². The van der Waals surface area contributed by atoms with Gasteiger partial charge in [-0.3, -0.25) is 14.4 Å². The second kappa shape index (κ2) is 7.57. The lowest BCUT2D eigenvalue weighted by Gasteiger charge is -2.36. The Morgan fingerprint density at radius 3 is 2.67 bits per heavy atom. The molecular weight excluding hydrogens is 308 g/mol. The lowest BCUT2D eigenvalue weighted by Crippen LogP contribution is -2.52. The summed E-state index contributed by atoms with van der Waals surface area (Å²) >= 11 is 0. The monoisotopic (exact) mass is 330 g/mol. The molecule has 0 radical (unpaired) electrons. The first-order valence-electron chi connectivity index (χ1n) is 8.38. The summed E-state index contributed by atoms with van der Waals surface area (Å²) in [6.45, 7) is 2.04. The fourth-order valence-corrected chi connectivity index (χ4v) is 3.23. The van der Waals surface area contributed by atoms with Crippen molar-refractivity contribution in [2.24, 2.45) is 0 Å². The van der Waals surface area contributed by atoms with Crippen molar-refractivity contribution < 1.29 is 19.1 Å². The highest BCUT2D eigenvalue weighted by Crippen LogP contribution is 2.16. The fraction of sp³-hybridized carbons (Fsp3) is 0.500. The molecule has 24 heavy (non-hydrogen) atoms. The summed E-state index contributed by atoms with van der Waals surface area (Å²) in [6, 6.07) is 8.81. The molecule has 2 saturated heterocycles. The van der Waals surface area contributed by atoms with Gasteiger partial charge in [-0.05, 0) is 6.42 Å². The second-order valence-corrected chi connectivity index (χ2v) is 6.23. The minimum absolute atomic E-state index is 0.00106. The molecule has 1 aromatic rings. The maximum atomic E-state index is 12.6. The van der Waals surface area contributed by atoms with E-state index in [9.17, 15) is 14.4 Å². The van der Waals surface area contributed by atoms with Crippen molar-refractivity contribution in [2.75, 3.05) is 32.8 Å². The quantitative estimate of drug-likeness (QED) is 0.759. The zero-order chi connectivity index (χ0) is 16.9. The van der Waals surface area contributed by atoms with E-state index in [0.29, 0.717) is 38.3 Å². The molecular formula is C18H22N2O4. The van der Waals surface area contributed by atoms with Gasteiger partial charge in [-0.1, -0.05) is 30.3 Å². The number of morpholine rings is 1. The smallest absolute Gasteiger partial charge is 0.242 e. The predicted octanol–water partition coefficient (Wildman–Crippen LogP) is 1.11. The van der Waals surface area contributed by atoms with Crippen LogP contribution >= 0.6 is 0 Å². The third-order valence-corrected chi connectivity index (χ3v) is 4.56. The Bertz CT molecular complexity index is 617. The number of amides is 2. The van der Waals surface area contributed by atoms with Crippen molar-refractivity contribution in [3.05, 3.63) is 35.9 Å². The molecule has 128 valence electrons. The molecule has 0 saturated carbocycles. The molecule has 6 heteroatoms. The van der Waals surface area contributed by atoms with Crippen LogP contribution in [0.5, 0.6) is 0 Å². The van der Waals surface area contributed by atoms with E-state index in [1.165, 1.54) is 0 Å². The van der Waals surface area contributed by atoms with Crippen LogP contribution in [0, 0.1) is 0 Å². The van der Waals surface area contributed by atoms with E-state index in [-0.39, 0.29) is 36.6 Å². The highest BCUT2D eigenvalue weighted by atomic mass is 16.5. The molecule has 3 rings (SSSR count). The molecule has 6 nitrogen and oxygen atoms in total. The topological polar surface area (TPSA) is 66.9 Å². The van der Waals surface area contributed by atoms with Crippen LogP contribution in [0.15, 0.2) is 30.3 Å². The number of hydrogen-bond donors (Lipinski definition) is 0. The molecule has 1 atom stereocenters. The normalized spacial score (nSPS) is 21.2. The molecule has 0 bridgehead atoms. The molecule has 1 unspecified atom stereocenters. The Morgan fingerprint density at radius 1 is 1.17 bits per heavy atom. The Hall–Kier alpha value is -2.21. The van der Waals surface area contributed by atoms with Gasteiger partial charge in [0.05, 0.1) is 25.8 Å². The maximum Gasteiger partial charge on any atom is 0.242 e. The van der Waals surface area contributed by atoms with Crippen LogP contribution in [0.2, 0.25) is 0 Å². The van der Waals surface area contributed by atoms with Gasteiger partial charge in [-0.2, -0.15) is 0 Å². The Labute approximate surface area is 141 Å². The SMILES string of the molecule is O=C(CC1COCCN1C(=O)CN1CCCC1=O)c1ccccc1. The highest BCUT2D eigenvalue weighted by molar-refractivity contribution is 5.96. The van der Waals surface area contributed by atoms with Crippen molar-refractivity contribution in [3.63, 3.8) is 0 Å². The highest BCUT2D eigenvalue weighted by Gasteiger charge is 2.32. The summed E-state index contributed by atoms with van der Waals surface area (Å²) in [5, 5.41) is 0. The summed E-state index contributed by atoms with van der Waals surface area (Å²) in [5.41, 5.74) is 0.644. The lowest BCUT2D eigenvalue weighted by molar-refractivity contribution is -0.144. The first-order chi connectivity index (χ1) is 11.6. The molecule has 2 fully saturated rings. The number of benzene rings is 1. The van der Waals surface area contributed by atoms with E-state index in [0.717, 1.165) is 6.42 Å². The predicted molar refractivity (Wildman–Crippen MR) is 87.5 cm³/mol. The molecule has 1 aromatic carbocycles. The van der Waals surface area contributed by atoms with Crippen molar-refractivity contribution in [1.29, 1.82) is 0 Å².